The Kier molecular flexibility index (Phi) is 4.06. The molecule has 1 aliphatic heterocycles. The lowest BCUT2D eigenvalue weighted by Gasteiger charge is -2.20. The van der Waals surface area contributed by atoms with Crippen molar-refractivity contribution in [3.63, 3.8) is 0 Å². The predicted octanol–water partition coefficient (Wildman–Crippen LogP) is 3.56. The van der Waals surface area contributed by atoms with Crippen LogP contribution in [0.5, 0.6) is 0 Å². The summed E-state index contributed by atoms with van der Waals surface area (Å²) in [5, 5.41) is 0. The van der Waals surface area contributed by atoms with E-state index in [1.807, 2.05) is 0 Å². The number of benzene rings is 1. The van der Waals surface area contributed by atoms with Crippen molar-refractivity contribution in [2.75, 3.05) is 13.2 Å². The van der Waals surface area contributed by atoms with Crippen molar-refractivity contribution >= 4 is 31.9 Å². The van der Waals surface area contributed by atoms with Gasteiger partial charge >= 0.3 is 0 Å². The van der Waals surface area contributed by atoms with Crippen molar-refractivity contribution in [3.8, 4) is 0 Å². The van der Waals surface area contributed by atoms with Crippen LogP contribution in [-0.4, -0.2) is 13.2 Å². The zero-order valence-electron chi connectivity index (χ0n) is 9.17. The first-order chi connectivity index (χ1) is 7.59. The van der Waals surface area contributed by atoms with Gasteiger partial charge in [0.2, 0.25) is 0 Å². The van der Waals surface area contributed by atoms with Gasteiger partial charge < -0.3 is 10.5 Å². The Labute approximate surface area is 113 Å². The van der Waals surface area contributed by atoms with Gasteiger partial charge in [0.05, 0.1) is 6.61 Å². The van der Waals surface area contributed by atoms with Crippen LogP contribution in [0.1, 0.15) is 23.6 Å². The number of hydrogen-bond donors (Lipinski definition) is 1. The molecule has 2 atom stereocenters. The molecule has 1 heterocycles. The topological polar surface area (TPSA) is 35.2 Å². The van der Waals surface area contributed by atoms with Crippen molar-refractivity contribution in [2.45, 2.75) is 19.4 Å². The molecule has 0 amide bonds. The van der Waals surface area contributed by atoms with Crippen LogP contribution in [-0.2, 0) is 4.74 Å². The molecule has 16 heavy (non-hydrogen) atoms. The van der Waals surface area contributed by atoms with Crippen LogP contribution in [0.4, 0.5) is 0 Å². The van der Waals surface area contributed by atoms with E-state index in [1.54, 1.807) is 0 Å². The maximum Gasteiger partial charge on any atom is 0.0513 e. The lowest BCUT2D eigenvalue weighted by Crippen LogP contribution is -2.22. The van der Waals surface area contributed by atoms with Crippen LogP contribution < -0.4 is 5.73 Å². The molecule has 4 heteroatoms. The Balaban J connectivity index is 2.28. The molecule has 2 nitrogen and oxygen atoms in total. The van der Waals surface area contributed by atoms with Gasteiger partial charge in [-0.05, 0) is 36.6 Å². The average molecular weight is 349 g/mol. The molecule has 1 aromatic rings. The van der Waals surface area contributed by atoms with E-state index in [0.29, 0.717) is 5.92 Å². The Bertz CT molecular complexity index is 389. The molecule has 2 N–H and O–H groups in total. The lowest BCUT2D eigenvalue weighted by atomic mass is 9.93. The molecule has 2 rings (SSSR count). The van der Waals surface area contributed by atoms with E-state index < -0.39 is 0 Å². The normalized spacial score (nSPS) is 22.4. The minimum atomic E-state index is 0.0498. The fraction of sp³-hybridized carbons (Fsp3) is 0.500. The van der Waals surface area contributed by atoms with Gasteiger partial charge in [-0.3, -0.25) is 0 Å². The maximum absolute atomic E-state index is 6.29. The highest BCUT2D eigenvalue weighted by Gasteiger charge is 2.25. The van der Waals surface area contributed by atoms with E-state index in [1.165, 1.54) is 5.56 Å². The van der Waals surface area contributed by atoms with Gasteiger partial charge in [-0.2, -0.15) is 0 Å². The smallest absolute Gasteiger partial charge is 0.0513 e. The summed E-state index contributed by atoms with van der Waals surface area (Å²) >= 11 is 7.14. The van der Waals surface area contributed by atoms with Gasteiger partial charge in [0.25, 0.3) is 0 Å². The first-order valence-electron chi connectivity index (χ1n) is 5.38. The van der Waals surface area contributed by atoms with Crippen LogP contribution in [0, 0.1) is 12.8 Å². The molecule has 1 saturated heterocycles. The van der Waals surface area contributed by atoms with Gasteiger partial charge in [-0.25, -0.2) is 0 Å². The molecule has 0 saturated carbocycles. The molecule has 0 aromatic heterocycles. The Morgan fingerprint density at radius 3 is 2.75 bits per heavy atom. The monoisotopic (exact) mass is 347 g/mol. The van der Waals surface area contributed by atoms with Crippen LogP contribution in [0.25, 0.3) is 0 Å². The molecule has 0 spiro atoms. The van der Waals surface area contributed by atoms with E-state index in [2.05, 4.69) is 50.9 Å². The van der Waals surface area contributed by atoms with Gasteiger partial charge in [0.15, 0.2) is 0 Å². The average Bonchev–Trinajstić information content (AvgIpc) is 2.75. The predicted molar refractivity (Wildman–Crippen MR) is 72.4 cm³/mol. The quantitative estimate of drug-likeness (QED) is 0.886. The number of aryl methyl sites for hydroxylation is 1. The highest BCUT2D eigenvalue weighted by atomic mass is 79.9. The fourth-order valence-corrected chi connectivity index (χ4v) is 3.09. The van der Waals surface area contributed by atoms with Crippen molar-refractivity contribution in [1.82, 2.24) is 0 Å². The van der Waals surface area contributed by atoms with Crippen LogP contribution in [0.15, 0.2) is 21.1 Å². The van der Waals surface area contributed by atoms with Gasteiger partial charge in [-0.15, -0.1) is 0 Å². The molecule has 0 bridgehead atoms. The van der Waals surface area contributed by atoms with E-state index in [0.717, 1.165) is 34.1 Å². The van der Waals surface area contributed by atoms with Crippen molar-refractivity contribution < 1.29 is 4.74 Å². The molecular formula is C12H15Br2NO. The Morgan fingerprint density at radius 1 is 1.38 bits per heavy atom. The molecule has 1 fully saturated rings. The molecule has 0 aliphatic carbocycles. The number of ether oxygens (including phenoxy) is 1. The molecule has 2 unspecified atom stereocenters. The van der Waals surface area contributed by atoms with Gasteiger partial charge in [-0.1, -0.05) is 31.9 Å². The first kappa shape index (κ1) is 12.6. The number of rotatable bonds is 2. The maximum atomic E-state index is 6.29. The highest BCUT2D eigenvalue weighted by Crippen LogP contribution is 2.34. The number of hydrogen-bond acceptors (Lipinski definition) is 2. The zero-order chi connectivity index (χ0) is 11.7. The van der Waals surface area contributed by atoms with E-state index in [9.17, 15) is 0 Å². The van der Waals surface area contributed by atoms with Crippen molar-refractivity contribution in [1.29, 1.82) is 0 Å². The summed E-state index contributed by atoms with van der Waals surface area (Å²) in [4.78, 5) is 0. The van der Waals surface area contributed by atoms with E-state index in [4.69, 9.17) is 10.5 Å². The molecule has 0 radical (unpaired) electrons. The molecule has 1 aliphatic rings. The first-order valence-corrected chi connectivity index (χ1v) is 6.97. The summed E-state index contributed by atoms with van der Waals surface area (Å²) in [6, 6.07) is 4.27. The standard InChI is InChI=1S/C12H15Br2NO/c1-7-4-11(14)9(5-10(7)13)12(15)8-2-3-16-6-8/h4-5,8,12H,2-3,6,15H2,1H3. The summed E-state index contributed by atoms with van der Waals surface area (Å²) in [5.74, 6) is 0.436. The second kappa shape index (κ2) is 5.17. The lowest BCUT2D eigenvalue weighted by molar-refractivity contribution is 0.181. The third-order valence-electron chi connectivity index (χ3n) is 3.11. The summed E-state index contributed by atoms with van der Waals surface area (Å²) in [6.45, 7) is 3.69. The van der Waals surface area contributed by atoms with Crippen LogP contribution in [0.3, 0.4) is 0 Å². The van der Waals surface area contributed by atoms with Gasteiger partial charge in [0.1, 0.15) is 0 Å². The number of halogens is 2. The minimum absolute atomic E-state index is 0.0498. The SMILES string of the molecule is Cc1cc(Br)c(C(N)C2CCOC2)cc1Br. The van der Waals surface area contributed by atoms with Crippen molar-refractivity contribution in [2.24, 2.45) is 11.7 Å². The van der Waals surface area contributed by atoms with E-state index >= 15 is 0 Å². The molecular weight excluding hydrogens is 334 g/mol. The fourth-order valence-electron chi connectivity index (χ4n) is 2.01. The molecule has 88 valence electrons. The van der Waals surface area contributed by atoms with Crippen molar-refractivity contribution in [3.05, 3.63) is 32.2 Å². The Morgan fingerprint density at radius 2 is 2.12 bits per heavy atom. The summed E-state index contributed by atoms with van der Waals surface area (Å²) < 4.78 is 7.59. The third-order valence-corrected chi connectivity index (χ3v) is 4.65. The second-order valence-electron chi connectivity index (χ2n) is 4.27. The third kappa shape index (κ3) is 2.50. The summed E-state index contributed by atoms with van der Waals surface area (Å²) in [5.41, 5.74) is 8.66. The summed E-state index contributed by atoms with van der Waals surface area (Å²) in [7, 11) is 0. The van der Waals surface area contributed by atoms with Crippen LogP contribution in [0.2, 0.25) is 0 Å². The number of nitrogens with two attached hydrogens (primary N) is 1. The molecule has 1 aromatic carbocycles. The van der Waals surface area contributed by atoms with E-state index in [-0.39, 0.29) is 6.04 Å². The van der Waals surface area contributed by atoms with Crippen LogP contribution >= 0.6 is 31.9 Å². The van der Waals surface area contributed by atoms with Gasteiger partial charge in [0, 0.05) is 27.5 Å². The zero-order valence-corrected chi connectivity index (χ0v) is 12.3. The second-order valence-corrected chi connectivity index (χ2v) is 5.98. The highest BCUT2D eigenvalue weighted by molar-refractivity contribution is 9.11. The summed E-state index contributed by atoms with van der Waals surface area (Å²) in [6.07, 6.45) is 1.05. The minimum Gasteiger partial charge on any atom is -0.381 e. The largest absolute Gasteiger partial charge is 0.381 e. The Hall–Kier alpha value is 0.1000.